The van der Waals surface area contributed by atoms with Crippen LogP contribution in [-0.2, 0) is 0 Å². The van der Waals surface area contributed by atoms with Crippen LogP contribution in [0.3, 0.4) is 0 Å². The van der Waals surface area contributed by atoms with E-state index in [-0.39, 0.29) is 0 Å². The Morgan fingerprint density at radius 1 is 1.23 bits per heavy atom. The van der Waals surface area contributed by atoms with Gasteiger partial charge in [-0.2, -0.15) is 0 Å². The minimum Gasteiger partial charge on any atom is -0.0654 e. The van der Waals surface area contributed by atoms with Gasteiger partial charge in [0, 0.05) is 0 Å². The van der Waals surface area contributed by atoms with Crippen molar-refractivity contribution in [1.29, 1.82) is 0 Å². The first-order chi connectivity index (χ1) is 6.19. The summed E-state index contributed by atoms with van der Waals surface area (Å²) in [6, 6.07) is 0. The molecule has 0 aliphatic heterocycles. The summed E-state index contributed by atoms with van der Waals surface area (Å²) in [5.41, 5.74) is 0. The lowest BCUT2D eigenvalue weighted by molar-refractivity contribution is 0.371. The maximum absolute atomic E-state index is 2.37. The fourth-order valence-electron chi connectivity index (χ4n) is 2.82. The third kappa shape index (κ3) is 3.32. The summed E-state index contributed by atoms with van der Waals surface area (Å²) < 4.78 is 0. The van der Waals surface area contributed by atoms with E-state index < -0.39 is 0 Å². The summed E-state index contributed by atoms with van der Waals surface area (Å²) in [6.45, 7) is 9.40. The minimum absolute atomic E-state index is 0.911. The van der Waals surface area contributed by atoms with E-state index in [9.17, 15) is 0 Å². The van der Waals surface area contributed by atoms with Gasteiger partial charge in [-0.3, -0.25) is 0 Å². The molecule has 0 aromatic carbocycles. The van der Waals surface area contributed by atoms with Crippen LogP contribution in [0.25, 0.3) is 0 Å². The van der Waals surface area contributed by atoms with Crippen LogP contribution in [0.1, 0.15) is 59.8 Å². The second-order valence-corrected chi connectivity index (χ2v) is 5.25. The van der Waals surface area contributed by atoms with E-state index in [0.717, 1.165) is 23.7 Å². The van der Waals surface area contributed by atoms with E-state index in [1.165, 1.54) is 32.1 Å². The van der Waals surface area contributed by atoms with Gasteiger partial charge in [-0.1, -0.05) is 47.0 Å². The molecule has 1 rings (SSSR count). The molecule has 1 saturated carbocycles. The Labute approximate surface area is 84.1 Å². The summed E-state index contributed by atoms with van der Waals surface area (Å²) in [6.07, 6.45) is 7.27. The highest BCUT2D eigenvalue weighted by molar-refractivity contribution is 4.90. The highest BCUT2D eigenvalue weighted by Gasteiger charge is 2.41. The maximum atomic E-state index is 2.37. The van der Waals surface area contributed by atoms with Gasteiger partial charge in [-0.25, -0.2) is 0 Å². The average molecular weight is 182 g/mol. The number of hydrogen-bond acceptors (Lipinski definition) is 0. The second-order valence-electron chi connectivity index (χ2n) is 5.25. The Hall–Kier alpha value is 0. The molecular weight excluding hydrogens is 156 g/mol. The van der Waals surface area contributed by atoms with Crippen molar-refractivity contribution in [3.8, 4) is 0 Å². The lowest BCUT2D eigenvalue weighted by Crippen LogP contribution is -2.03. The third-order valence-electron chi connectivity index (χ3n) is 3.54. The van der Waals surface area contributed by atoms with Crippen molar-refractivity contribution < 1.29 is 0 Å². The zero-order valence-corrected chi connectivity index (χ0v) is 9.84. The molecule has 0 bridgehead atoms. The van der Waals surface area contributed by atoms with Gasteiger partial charge in [0.2, 0.25) is 0 Å². The highest BCUT2D eigenvalue weighted by atomic mass is 14.5. The molecule has 0 spiro atoms. The Morgan fingerprint density at radius 3 is 2.38 bits per heavy atom. The van der Waals surface area contributed by atoms with Crippen LogP contribution in [0, 0.1) is 23.7 Å². The molecule has 3 unspecified atom stereocenters. The standard InChI is InChI=1S/C13H26/c1-5-7-11(6-2)13-9-12(13)8-10(3)4/h10-13H,5-9H2,1-4H3. The van der Waals surface area contributed by atoms with Gasteiger partial charge in [-0.05, 0) is 36.5 Å². The van der Waals surface area contributed by atoms with Crippen LogP contribution < -0.4 is 0 Å². The highest BCUT2D eigenvalue weighted by Crippen LogP contribution is 2.50. The summed E-state index contributed by atoms with van der Waals surface area (Å²) in [5.74, 6) is 4.16. The Bertz CT molecular complexity index is 137. The monoisotopic (exact) mass is 182 g/mol. The normalized spacial score (nSPS) is 29.3. The van der Waals surface area contributed by atoms with Gasteiger partial charge >= 0.3 is 0 Å². The third-order valence-corrected chi connectivity index (χ3v) is 3.54. The van der Waals surface area contributed by atoms with Crippen LogP contribution >= 0.6 is 0 Å². The zero-order chi connectivity index (χ0) is 9.84. The van der Waals surface area contributed by atoms with E-state index in [4.69, 9.17) is 0 Å². The van der Waals surface area contributed by atoms with E-state index in [0.29, 0.717) is 0 Å². The molecule has 3 atom stereocenters. The summed E-state index contributed by atoms with van der Waals surface area (Å²) in [4.78, 5) is 0. The molecule has 0 heterocycles. The summed E-state index contributed by atoms with van der Waals surface area (Å²) >= 11 is 0. The Morgan fingerprint density at radius 2 is 1.92 bits per heavy atom. The minimum atomic E-state index is 0.911. The van der Waals surface area contributed by atoms with Crippen molar-refractivity contribution >= 4 is 0 Å². The average Bonchev–Trinajstić information content (AvgIpc) is 2.78. The van der Waals surface area contributed by atoms with Crippen molar-refractivity contribution in [2.24, 2.45) is 23.7 Å². The number of rotatable bonds is 6. The van der Waals surface area contributed by atoms with Gasteiger partial charge < -0.3 is 0 Å². The fraction of sp³-hybridized carbons (Fsp3) is 1.00. The molecular formula is C13H26. The van der Waals surface area contributed by atoms with Crippen LogP contribution in [0.2, 0.25) is 0 Å². The zero-order valence-electron chi connectivity index (χ0n) is 9.84. The van der Waals surface area contributed by atoms with Crippen LogP contribution in [0.15, 0.2) is 0 Å². The number of hydrogen-bond donors (Lipinski definition) is 0. The molecule has 0 amide bonds. The van der Waals surface area contributed by atoms with Gasteiger partial charge in [0.25, 0.3) is 0 Å². The second kappa shape index (κ2) is 5.02. The summed E-state index contributed by atoms with van der Waals surface area (Å²) in [7, 11) is 0. The molecule has 0 aromatic rings. The Balaban J connectivity index is 2.22. The van der Waals surface area contributed by atoms with E-state index in [2.05, 4.69) is 27.7 Å². The topological polar surface area (TPSA) is 0 Å². The smallest absolute Gasteiger partial charge is 0.0355 e. The van der Waals surface area contributed by atoms with Gasteiger partial charge in [0.15, 0.2) is 0 Å². The van der Waals surface area contributed by atoms with Crippen LogP contribution in [0.5, 0.6) is 0 Å². The largest absolute Gasteiger partial charge is 0.0654 e. The lowest BCUT2D eigenvalue weighted by atomic mass is 9.92. The molecule has 0 saturated heterocycles. The maximum Gasteiger partial charge on any atom is -0.0355 e. The van der Waals surface area contributed by atoms with Gasteiger partial charge in [0.1, 0.15) is 0 Å². The molecule has 0 heteroatoms. The van der Waals surface area contributed by atoms with Crippen molar-refractivity contribution in [2.75, 3.05) is 0 Å². The molecule has 0 radical (unpaired) electrons. The van der Waals surface area contributed by atoms with Crippen molar-refractivity contribution in [3.05, 3.63) is 0 Å². The van der Waals surface area contributed by atoms with Crippen molar-refractivity contribution in [2.45, 2.75) is 59.8 Å². The van der Waals surface area contributed by atoms with E-state index >= 15 is 0 Å². The predicted octanol–water partition coefficient (Wildman–Crippen LogP) is 4.49. The summed E-state index contributed by atoms with van der Waals surface area (Å²) in [5, 5.41) is 0. The molecule has 1 aliphatic rings. The quantitative estimate of drug-likeness (QED) is 0.567. The molecule has 0 N–H and O–H groups in total. The van der Waals surface area contributed by atoms with E-state index in [1.54, 1.807) is 0 Å². The molecule has 0 aromatic heterocycles. The van der Waals surface area contributed by atoms with Gasteiger partial charge in [0.05, 0.1) is 0 Å². The van der Waals surface area contributed by atoms with Crippen molar-refractivity contribution in [1.82, 2.24) is 0 Å². The Kier molecular flexibility index (Phi) is 4.28. The van der Waals surface area contributed by atoms with Crippen LogP contribution in [-0.4, -0.2) is 0 Å². The first-order valence-electron chi connectivity index (χ1n) is 6.19. The lowest BCUT2D eigenvalue weighted by Gasteiger charge is -2.13. The molecule has 0 nitrogen and oxygen atoms in total. The molecule has 1 aliphatic carbocycles. The van der Waals surface area contributed by atoms with Crippen molar-refractivity contribution in [3.63, 3.8) is 0 Å². The molecule has 78 valence electrons. The first-order valence-corrected chi connectivity index (χ1v) is 6.19. The fourth-order valence-corrected chi connectivity index (χ4v) is 2.82. The predicted molar refractivity (Wildman–Crippen MR) is 59.7 cm³/mol. The molecule has 1 fully saturated rings. The first kappa shape index (κ1) is 11.1. The SMILES string of the molecule is CCCC(CC)C1CC1CC(C)C. The van der Waals surface area contributed by atoms with Gasteiger partial charge in [-0.15, -0.1) is 0 Å². The van der Waals surface area contributed by atoms with Crippen LogP contribution in [0.4, 0.5) is 0 Å². The molecule has 13 heavy (non-hydrogen) atoms. The van der Waals surface area contributed by atoms with E-state index in [1.807, 2.05) is 0 Å².